The Bertz CT molecular complexity index is 343. The lowest BCUT2D eigenvalue weighted by atomic mass is 9.95. The maximum absolute atomic E-state index is 5.14. The molecule has 0 bridgehead atoms. The molecule has 1 aliphatic heterocycles. The van der Waals surface area contributed by atoms with E-state index in [1.54, 1.807) is 0 Å². The van der Waals surface area contributed by atoms with Crippen LogP contribution in [0.3, 0.4) is 0 Å². The molecule has 1 N–H and O–H groups in total. The second-order valence-corrected chi connectivity index (χ2v) is 4.07. The molecule has 1 heterocycles. The molecule has 0 aliphatic carbocycles. The van der Waals surface area contributed by atoms with E-state index in [1.807, 2.05) is 12.3 Å². The van der Waals surface area contributed by atoms with Gasteiger partial charge in [0.15, 0.2) is 0 Å². The summed E-state index contributed by atoms with van der Waals surface area (Å²) in [5.74, 6) is 0.561. The molecule has 1 aliphatic rings. The minimum absolute atomic E-state index is 0.561. The van der Waals surface area contributed by atoms with Crippen LogP contribution in [0.25, 0.3) is 0 Å². The highest BCUT2D eigenvalue weighted by atomic mass is 32.1. The van der Waals surface area contributed by atoms with Crippen molar-refractivity contribution in [3.8, 4) is 0 Å². The number of nitrogens with one attached hydrogen (secondary N) is 1. The first-order valence-corrected chi connectivity index (χ1v) is 5.25. The zero-order valence-corrected chi connectivity index (χ0v) is 8.76. The van der Waals surface area contributed by atoms with Crippen LogP contribution in [0, 0.1) is 5.92 Å². The summed E-state index contributed by atoms with van der Waals surface area (Å²) in [4.78, 5) is 0.952. The molecule has 0 radical (unpaired) electrons. The maximum atomic E-state index is 5.14. The molecule has 1 aromatic rings. The molecule has 1 aromatic carbocycles. The highest BCUT2D eigenvalue weighted by Gasteiger charge is 2.11. The van der Waals surface area contributed by atoms with Crippen molar-refractivity contribution in [2.75, 3.05) is 0 Å². The fourth-order valence-corrected chi connectivity index (χ4v) is 1.98. The Hall–Kier alpha value is -1.15. The van der Waals surface area contributed by atoms with E-state index in [1.165, 1.54) is 5.56 Å². The number of hydrogen-bond donors (Lipinski definition) is 1. The van der Waals surface area contributed by atoms with Crippen LogP contribution >= 0.6 is 12.2 Å². The molecule has 14 heavy (non-hydrogen) atoms. The normalized spacial score (nSPS) is 20.6. The quantitative estimate of drug-likeness (QED) is 0.742. The molecule has 0 fully saturated rings. The molecule has 2 rings (SSSR count). The van der Waals surface area contributed by atoms with Gasteiger partial charge >= 0.3 is 0 Å². The molecule has 2 heteroatoms. The number of rotatable bonds is 2. The van der Waals surface area contributed by atoms with Crippen molar-refractivity contribution in [3.05, 3.63) is 48.2 Å². The predicted octanol–water partition coefficient (Wildman–Crippen LogP) is 2.68. The molecule has 0 saturated heterocycles. The zero-order valence-electron chi connectivity index (χ0n) is 7.94. The summed E-state index contributed by atoms with van der Waals surface area (Å²) in [6.45, 7) is 0. The monoisotopic (exact) mass is 203 g/mol. The Balaban J connectivity index is 2.01. The fraction of sp³-hybridized carbons (Fsp3) is 0.250. The molecule has 0 saturated carbocycles. The summed E-state index contributed by atoms with van der Waals surface area (Å²) in [6.07, 6.45) is 6.21. The second-order valence-electron chi connectivity index (χ2n) is 3.58. The van der Waals surface area contributed by atoms with Crippen molar-refractivity contribution in [3.63, 3.8) is 0 Å². The lowest BCUT2D eigenvalue weighted by Crippen LogP contribution is -2.23. The van der Waals surface area contributed by atoms with E-state index in [2.05, 4.69) is 35.7 Å². The topological polar surface area (TPSA) is 12.0 Å². The SMILES string of the molecule is S=C1CC(Cc2ccccc2)C=CN1. The van der Waals surface area contributed by atoms with Gasteiger partial charge in [-0.15, -0.1) is 0 Å². The Morgan fingerprint density at radius 2 is 2.07 bits per heavy atom. The molecule has 72 valence electrons. The molecular weight excluding hydrogens is 190 g/mol. The van der Waals surface area contributed by atoms with Gasteiger partial charge in [0.2, 0.25) is 0 Å². The van der Waals surface area contributed by atoms with Gasteiger partial charge in [0.05, 0.1) is 4.99 Å². The first kappa shape index (κ1) is 9.41. The Morgan fingerprint density at radius 3 is 2.79 bits per heavy atom. The molecule has 1 unspecified atom stereocenters. The maximum Gasteiger partial charge on any atom is 0.0798 e. The lowest BCUT2D eigenvalue weighted by Gasteiger charge is -2.18. The van der Waals surface area contributed by atoms with Crippen LogP contribution in [0.5, 0.6) is 0 Å². The summed E-state index contributed by atoms with van der Waals surface area (Å²) in [5, 5.41) is 3.05. The van der Waals surface area contributed by atoms with Crippen LogP contribution in [0.2, 0.25) is 0 Å². The van der Waals surface area contributed by atoms with Crippen LogP contribution in [0.4, 0.5) is 0 Å². The van der Waals surface area contributed by atoms with Crippen molar-refractivity contribution in [2.45, 2.75) is 12.8 Å². The van der Waals surface area contributed by atoms with Crippen LogP contribution < -0.4 is 5.32 Å². The number of thiocarbonyl (C=S) groups is 1. The minimum Gasteiger partial charge on any atom is -0.357 e. The standard InChI is InChI=1S/C12H13NS/c14-12-9-11(6-7-13-12)8-10-4-2-1-3-5-10/h1-7,11H,8-9H2,(H,13,14). The van der Waals surface area contributed by atoms with Crippen molar-refractivity contribution in [1.82, 2.24) is 5.32 Å². The van der Waals surface area contributed by atoms with Crippen LogP contribution in [-0.4, -0.2) is 4.99 Å². The van der Waals surface area contributed by atoms with Crippen molar-refractivity contribution in [2.24, 2.45) is 5.92 Å². The number of hydrogen-bond acceptors (Lipinski definition) is 1. The average molecular weight is 203 g/mol. The number of allylic oxidation sites excluding steroid dienone is 1. The summed E-state index contributed by atoms with van der Waals surface area (Å²) in [7, 11) is 0. The minimum atomic E-state index is 0.561. The third kappa shape index (κ3) is 2.42. The van der Waals surface area contributed by atoms with Gasteiger partial charge in [-0.2, -0.15) is 0 Å². The van der Waals surface area contributed by atoms with Gasteiger partial charge in [-0.25, -0.2) is 0 Å². The molecule has 0 amide bonds. The van der Waals surface area contributed by atoms with E-state index >= 15 is 0 Å². The third-order valence-corrected chi connectivity index (χ3v) is 2.69. The summed E-state index contributed by atoms with van der Waals surface area (Å²) in [6, 6.07) is 10.5. The van der Waals surface area contributed by atoms with Crippen molar-refractivity contribution >= 4 is 17.2 Å². The smallest absolute Gasteiger partial charge is 0.0798 e. The Kier molecular flexibility index (Phi) is 2.94. The van der Waals surface area contributed by atoms with Gasteiger partial charge in [-0.05, 0) is 24.1 Å². The van der Waals surface area contributed by atoms with Crippen LogP contribution in [-0.2, 0) is 6.42 Å². The van der Waals surface area contributed by atoms with Gasteiger partial charge in [0, 0.05) is 6.42 Å². The van der Waals surface area contributed by atoms with Gasteiger partial charge in [-0.1, -0.05) is 48.6 Å². The first-order valence-electron chi connectivity index (χ1n) is 4.84. The van der Waals surface area contributed by atoms with Gasteiger partial charge in [0.1, 0.15) is 0 Å². The highest BCUT2D eigenvalue weighted by Crippen LogP contribution is 2.16. The Morgan fingerprint density at radius 1 is 1.29 bits per heavy atom. The predicted molar refractivity (Wildman–Crippen MR) is 63.1 cm³/mol. The fourth-order valence-electron chi connectivity index (χ4n) is 1.70. The van der Waals surface area contributed by atoms with E-state index in [0.717, 1.165) is 17.8 Å². The highest BCUT2D eigenvalue weighted by molar-refractivity contribution is 7.80. The summed E-state index contributed by atoms with van der Waals surface area (Å²) < 4.78 is 0. The molecule has 0 spiro atoms. The number of benzene rings is 1. The van der Waals surface area contributed by atoms with Crippen LogP contribution in [0.1, 0.15) is 12.0 Å². The first-order chi connectivity index (χ1) is 6.84. The largest absolute Gasteiger partial charge is 0.357 e. The Labute approximate surface area is 89.8 Å². The van der Waals surface area contributed by atoms with Gasteiger partial charge < -0.3 is 5.32 Å². The summed E-state index contributed by atoms with van der Waals surface area (Å²) >= 11 is 5.14. The molecular formula is C12H13NS. The van der Waals surface area contributed by atoms with E-state index in [9.17, 15) is 0 Å². The van der Waals surface area contributed by atoms with Crippen molar-refractivity contribution < 1.29 is 0 Å². The van der Waals surface area contributed by atoms with E-state index < -0.39 is 0 Å². The van der Waals surface area contributed by atoms with Crippen molar-refractivity contribution in [1.29, 1.82) is 0 Å². The second kappa shape index (κ2) is 4.38. The molecule has 0 aromatic heterocycles. The molecule has 1 atom stereocenters. The van der Waals surface area contributed by atoms with E-state index in [0.29, 0.717) is 5.92 Å². The van der Waals surface area contributed by atoms with Gasteiger partial charge in [-0.3, -0.25) is 0 Å². The van der Waals surface area contributed by atoms with E-state index in [-0.39, 0.29) is 0 Å². The lowest BCUT2D eigenvalue weighted by molar-refractivity contribution is 0.659. The summed E-state index contributed by atoms with van der Waals surface area (Å²) in [5.41, 5.74) is 1.38. The zero-order chi connectivity index (χ0) is 9.80. The van der Waals surface area contributed by atoms with Gasteiger partial charge in [0.25, 0.3) is 0 Å². The van der Waals surface area contributed by atoms with E-state index in [4.69, 9.17) is 12.2 Å². The average Bonchev–Trinajstić information content (AvgIpc) is 2.19. The molecule has 1 nitrogen and oxygen atoms in total. The van der Waals surface area contributed by atoms with Crippen LogP contribution in [0.15, 0.2) is 42.6 Å². The third-order valence-electron chi connectivity index (χ3n) is 2.40.